The van der Waals surface area contributed by atoms with E-state index in [1.165, 1.54) is 0 Å². The molecule has 0 aliphatic carbocycles. The van der Waals surface area contributed by atoms with E-state index < -0.39 is 9.71 Å². The van der Waals surface area contributed by atoms with E-state index in [2.05, 4.69) is 13.8 Å². The largest absolute Gasteiger partial charge is 0.259 e. The second kappa shape index (κ2) is 5.61. The molecule has 0 spiro atoms. The van der Waals surface area contributed by atoms with Crippen LogP contribution in [0, 0.1) is 0 Å². The maximum atomic E-state index is 11.4. The fourth-order valence-corrected chi connectivity index (χ4v) is 2.31. The third-order valence-corrected chi connectivity index (χ3v) is 3.23. The molecule has 0 aromatic carbocycles. The van der Waals surface area contributed by atoms with Crippen molar-refractivity contribution < 1.29 is 4.21 Å². The molecule has 0 aromatic heterocycles. The Morgan fingerprint density at radius 1 is 1.36 bits per heavy atom. The zero-order valence-corrected chi connectivity index (χ0v) is 8.32. The maximum absolute atomic E-state index is 11.4. The molecule has 3 heteroatoms. The zero-order valence-electron chi connectivity index (χ0n) is 7.51. The highest BCUT2D eigenvalue weighted by Gasteiger charge is 1.96. The van der Waals surface area contributed by atoms with Crippen molar-refractivity contribution in [2.24, 2.45) is 5.14 Å². The van der Waals surface area contributed by atoms with E-state index in [1.54, 1.807) is 5.37 Å². The number of hydrogen-bond acceptors (Lipinski definition) is 1. The van der Waals surface area contributed by atoms with Crippen molar-refractivity contribution in [3.05, 3.63) is 0 Å². The minimum atomic E-state index is -2.08. The highest BCUT2D eigenvalue weighted by atomic mass is 32.2. The second-order valence-electron chi connectivity index (χ2n) is 2.79. The first-order valence-electron chi connectivity index (χ1n) is 4.25. The fourth-order valence-electron chi connectivity index (χ4n) is 0.771. The first-order chi connectivity index (χ1) is 5.12. The van der Waals surface area contributed by atoms with Crippen molar-refractivity contribution in [1.82, 2.24) is 0 Å². The molecule has 1 atom stereocenters. The highest BCUT2D eigenvalue weighted by molar-refractivity contribution is 7.99. The second-order valence-corrected chi connectivity index (χ2v) is 5.09. The van der Waals surface area contributed by atoms with Gasteiger partial charge in [-0.15, -0.1) is 0 Å². The van der Waals surface area contributed by atoms with E-state index >= 15 is 0 Å². The third-order valence-electron chi connectivity index (χ3n) is 1.51. The molecule has 0 aliphatic rings. The van der Waals surface area contributed by atoms with Crippen molar-refractivity contribution in [3.63, 3.8) is 0 Å². The molecule has 68 valence electrons. The maximum Gasteiger partial charge on any atom is 0.0289 e. The summed E-state index contributed by atoms with van der Waals surface area (Å²) in [5, 5.41) is 7.34. The van der Waals surface area contributed by atoms with Gasteiger partial charge < -0.3 is 0 Å². The quantitative estimate of drug-likeness (QED) is 0.636. The van der Waals surface area contributed by atoms with Gasteiger partial charge in [0.2, 0.25) is 0 Å². The summed E-state index contributed by atoms with van der Waals surface area (Å²) in [5.41, 5.74) is 0. The molecule has 0 bridgehead atoms. The van der Waals surface area contributed by atoms with E-state index in [4.69, 9.17) is 5.14 Å². The van der Waals surface area contributed by atoms with Crippen molar-refractivity contribution in [3.8, 4) is 0 Å². The number of rotatable bonds is 5. The summed E-state index contributed by atoms with van der Waals surface area (Å²) in [5.74, 6) is 0.656. The van der Waals surface area contributed by atoms with Crippen LogP contribution < -0.4 is 5.14 Å². The van der Waals surface area contributed by atoms with Crippen LogP contribution in [-0.4, -0.2) is 15.3 Å². The third kappa shape index (κ3) is 6.38. The van der Waals surface area contributed by atoms with Gasteiger partial charge in [-0.2, -0.15) is 0 Å². The molecule has 2 nitrogen and oxygen atoms in total. The van der Waals surface area contributed by atoms with Crippen LogP contribution in [0.15, 0.2) is 0 Å². The van der Waals surface area contributed by atoms with Crippen molar-refractivity contribution in [2.75, 3.05) is 5.75 Å². The minimum Gasteiger partial charge on any atom is -0.259 e. The number of unbranched alkanes of at least 4 members (excludes halogenated alkanes) is 2. The van der Waals surface area contributed by atoms with Gasteiger partial charge in [-0.25, -0.2) is 0 Å². The normalized spacial score (nSPS) is 15.9. The lowest BCUT2D eigenvalue weighted by molar-refractivity contribution is 0.678. The van der Waals surface area contributed by atoms with Crippen LogP contribution in [0.4, 0.5) is 0 Å². The van der Waals surface area contributed by atoms with E-state index in [-0.39, 0.29) is 0 Å². The average Bonchev–Trinajstić information content (AvgIpc) is 1.97. The molecule has 2 N–H and O–H groups in total. The molecule has 0 saturated carbocycles. The van der Waals surface area contributed by atoms with Crippen LogP contribution >= 0.6 is 0 Å². The standard InChI is InChI=1S/C8H19NOS/c1-3-5-7-11(9,10)8-6-4-2/h7H,3-6,8H2,1-2H3,(H2,9,10). The molecule has 0 fully saturated rings. The van der Waals surface area contributed by atoms with Crippen LogP contribution in [0.25, 0.3) is 0 Å². The van der Waals surface area contributed by atoms with Crippen LogP contribution in [0.3, 0.4) is 0 Å². The topological polar surface area (TPSA) is 43.1 Å². The Balaban J connectivity index is 3.88. The van der Waals surface area contributed by atoms with Crippen molar-refractivity contribution in [2.45, 2.75) is 39.5 Å². The molecule has 0 aliphatic heterocycles. The van der Waals surface area contributed by atoms with Gasteiger partial charge in [-0.1, -0.05) is 26.7 Å². The van der Waals surface area contributed by atoms with E-state index in [9.17, 15) is 4.21 Å². The van der Waals surface area contributed by atoms with Gasteiger partial charge in [0.25, 0.3) is 0 Å². The molecule has 0 aromatic rings. The predicted octanol–water partition coefficient (Wildman–Crippen LogP) is 1.55. The summed E-state index contributed by atoms with van der Waals surface area (Å²) >= 11 is 0. The first-order valence-corrected chi connectivity index (χ1v) is 6.10. The van der Waals surface area contributed by atoms with E-state index in [1.807, 2.05) is 0 Å². The summed E-state index contributed by atoms with van der Waals surface area (Å²) in [4.78, 5) is 0. The summed E-state index contributed by atoms with van der Waals surface area (Å²) < 4.78 is 11.4. The predicted molar refractivity (Wildman–Crippen MR) is 53.1 cm³/mol. The number of hydrogen-bond donors (Lipinski definition) is 1. The van der Waals surface area contributed by atoms with Crippen molar-refractivity contribution >= 4 is 15.1 Å². The summed E-state index contributed by atoms with van der Waals surface area (Å²) in [6.45, 7) is 4.14. The summed E-state index contributed by atoms with van der Waals surface area (Å²) in [6.07, 6.45) is 3.93. The Labute approximate surface area is 70.3 Å². The van der Waals surface area contributed by atoms with E-state index in [0.29, 0.717) is 5.75 Å². The SMILES string of the molecule is CCCC=S(N)(=O)CCCC. The number of nitrogens with two attached hydrogens (primary N) is 1. The smallest absolute Gasteiger partial charge is 0.0289 e. The van der Waals surface area contributed by atoms with Gasteiger partial charge in [0.1, 0.15) is 0 Å². The molecule has 0 rings (SSSR count). The lowest BCUT2D eigenvalue weighted by Gasteiger charge is -2.02. The van der Waals surface area contributed by atoms with Crippen LogP contribution in [0.2, 0.25) is 0 Å². The molecule has 1 unspecified atom stereocenters. The van der Waals surface area contributed by atoms with Gasteiger partial charge in [-0.05, 0) is 18.2 Å². The lowest BCUT2D eigenvalue weighted by Crippen LogP contribution is -2.19. The van der Waals surface area contributed by atoms with Gasteiger partial charge in [-0.3, -0.25) is 9.35 Å². The zero-order chi connectivity index (χ0) is 8.74. The monoisotopic (exact) mass is 177 g/mol. The van der Waals surface area contributed by atoms with E-state index in [0.717, 1.165) is 25.7 Å². The summed E-state index contributed by atoms with van der Waals surface area (Å²) in [7, 11) is -2.08. The van der Waals surface area contributed by atoms with Gasteiger partial charge >= 0.3 is 0 Å². The molecule has 0 saturated heterocycles. The molecule has 0 amide bonds. The lowest BCUT2D eigenvalue weighted by atomic mass is 10.4. The molecular weight excluding hydrogens is 158 g/mol. The van der Waals surface area contributed by atoms with Crippen LogP contribution in [-0.2, 0) is 9.71 Å². The molecule has 0 heterocycles. The molecule has 0 radical (unpaired) electrons. The Kier molecular flexibility index (Phi) is 5.60. The summed E-state index contributed by atoms with van der Waals surface area (Å²) in [6, 6.07) is 0. The fraction of sp³-hybridized carbons (Fsp3) is 0.875. The molecular formula is C8H19NOS. The average molecular weight is 177 g/mol. The van der Waals surface area contributed by atoms with Gasteiger partial charge in [0.05, 0.1) is 0 Å². The highest BCUT2D eigenvalue weighted by Crippen LogP contribution is 1.93. The Morgan fingerprint density at radius 3 is 2.45 bits per heavy atom. The first kappa shape index (κ1) is 11.0. The van der Waals surface area contributed by atoms with Crippen LogP contribution in [0.1, 0.15) is 39.5 Å². The Hall–Kier alpha value is -0.0200. The van der Waals surface area contributed by atoms with Crippen molar-refractivity contribution in [1.29, 1.82) is 0 Å². The van der Waals surface area contributed by atoms with Gasteiger partial charge in [0, 0.05) is 15.5 Å². The molecule has 11 heavy (non-hydrogen) atoms. The Morgan fingerprint density at radius 2 is 2.00 bits per heavy atom. The Bertz CT molecular complexity index is 192. The van der Waals surface area contributed by atoms with Gasteiger partial charge in [0.15, 0.2) is 0 Å². The minimum absolute atomic E-state index is 0.656. The van der Waals surface area contributed by atoms with Crippen LogP contribution in [0.5, 0.6) is 0 Å².